The number of hydrogen-bond acceptors (Lipinski definition) is 5. The minimum Gasteiger partial charge on any atom is -0.480 e. The Kier molecular flexibility index (Phi) is 3.92. The first-order chi connectivity index (χ1) is 9.27. The summed E-state index contributed by atoms with van der Waals surface area (Å²) in [6, 6.07) is 1.46. The molecule has 0 radical (unpaired) electrons. The highest BCUT2D eigenvalue weighted by Gasteiger charge is 2.24. The molecule has 0 fully saturated rings. The van der Waals surface area contributed by atoms with Crippen LogP contribution in [0.4, 0.5) is 0 Å². The number of thiazole rings is 1. The molecule has 6 nitrogen and oxygen atoms in total. The van der Waals surface area contributed by atoms with Crippen molar-refractivity contribution in [3.8, 4) is 0 Å². The van der Waals surface area contributed by atoms with E-state index < -0.39 is 5.97 Å². The molecule has 0 unspecified atom stereocenters. The van der Waals surface area contributed by atoms with Crippen LogP contribution in [-0.4, -0.2) is 37.4 Å². The van der Waals surface area contributed by atoms with Crippen LogP contribution in [0.1, 0.15) is 26.5 Å². The van der Waals surface area contributed by atoms with Gasteiger partial charge >= 0.3 is 5.97 Å². The number of carboxylic acid groups (broad SMARTS) is 1. The fourth-order valence-corrected chi connectivity index (χ4v) is 2.60. The van der Waals surface area contributed by atoms with Gasteiger partial charge in [0.2, 0.25) is 0 Å². The number of nitrogens with zero attached hydrogens (tertiary/aromatic N) is 3. The van der Waals surface area contributed by atoms with Gasteiger partial charge in [-0.25, -0.2) is 4.98 Å². The van der Waals surface area contributed by atoms with Crippen molar-refractivity contribution in [3.05, 3.63) is 33.7 Å². The maximum Gasteiger partial charge on any atom is 0.317 e. The van der Waals surface area contributed by atoms with E-state index in [4.69, 9.17) is 5.11 Å². The van der Waals surface area contributed by atoms with Gasteiger partial charge in [0.15, 0.2) is 4.96 Å². The molecule has 1 N–H and O–H groups in total. The standard InChI is InChI=1S/C13H17N3O3S/c1-13(2,3)15(8-11(18)19)7-9-6-10(17)16-4-5-20-12(16)14-9/h4-6H,7-8H2,1-3H3,(H,18,19). The molecule has 108 valence electrons. The average Bonchev–Trinajstić information content (AvgIpc) is 2.74. The zero-order valence-electron chi connectivity index (χ0n) is 11.7. The van der Waals surface area contributed by atoms with Crippen molar-refractivity contribution in [1.82, 2.24) is 14.3 Å². The third-order valence-electron chi connectivity index (χ3n) is 2.98. The number of rotatable bonds is 4. The first kappa shape index (κ1) is 14.7. The van der Waals surface area contributed by atoms with E-state index in [2.05, 4.69) is 4.98 Å². The average molecular weight is 295 g/mol. The van der Waals surface area contributed by atoms with Crippen LogP contribution >= 0.6 is 11.3 Å². The molecule has 0 aliphatic carbocycles. The van der Waals surface area contributed by atoms with Gasteiger partial charge in [0, 0.05) is 29.7 Å². The van der Waals surface area contributed by atoms with E-state index in [-0.39, 0.29) is 17.6 Å². The lowest BCUT2D eigenvalue weighted by molar-refractivity contribution is -0.139. The van der Waals surface area contributed by atoms with Crippen molar-refractivity contribution in [1.29, 1.82) is 0 Å². The number of aliphatic carboxylic acids is 1. The normalized spacial score (nSPS) is 12.2. The fourth-order valence-electron chi connectivity index (χ4n) is 1.86. The van der Waals surface area contributed by atoms with Gasteiger partial charge in [-0.15, -0.1) is 11.3 Å². The predicted molar refractivity (Wildman–Crippen MR) is 77.1 cm³/mol. The predicted octanol–water partition coefficient (Wildman–Crippen LogP) is 1.44. The molecule has 0 aliphatic rings. The van der Waals surface area contributed by atoms with Crippen molar-refractivity contribution < 1.29 is 9.90 Å². The maximum absolute atomic E-state index is 11.9. The minimum absolute atomic E-state index is 0.0883. The van der Waals surface area contributed by atoms with Crippen molar-refractivity contribution in [2.45, 2.75) is 32.9 Å². The summed E-state index contributed by atoms with van der Waals surface area (Å²) in [7, 11) is 0. The summed E-state index contributed by atoms with van der Waals surface area (Å²) in [5, 5.41) is 10.8. The molecule has 2 heterocycles. The Morgan fingerprint density at radius 2 is 2.20 bits per heavy atom. The number of fused-ring (bicyclic) bond motifs is 1. The monoisotopic (exact) mass is 295 g/mol. The van der Waals surface area contributed by atoms with E-state index in [1.54, 1.807) is 16.5 Å². The largest absolute Gasteiger partial charge is 0.480 e. The van der Waals surface area contributed by atoms with Crippen molar-refractivity contribution in [2.24, 2.45) is 0 Å². The van der Waals surface area contributed by atoms with Crippen molar-refractivity contribution in [3.63, 3.8) is 0 Å². The lowest BCUT2D eigenvalue weighted by atomic mass is 10.1. The summed E-state index contributed by atoms with van der Waals surface area (Å²) in [5.41, 5.74) is 0.129. The first-order valence-corrected chi connectivity index (χ1v) is 7.08. The molecule has 2 aromatic rings. The lowest BCUT2D eigenvalue weighted by Gasteiger charge is -2.33. The Hall–Kier alpha value is -1.73. The van der Waals surface area contributed by atoms with Crippen LogP contribution in [0.3, 0.4) is 0 Å². The minimum atomic E-state index is -0.895. The molecule has 2 rings (SSSR count). The molecule has 7 heteroatoms. The molecule has 0 aliphatic heterocycles. The van der Waals surface area contributed by atoms with Crippen LogP contribution < -0.4 is 5.56 Å². The molecule has 0 spiro atoms. The number of carboxylic acids is 1. The molecule has 2 aromatic heterocycles. The topological polar surface area (TPSA) is 74.9 Å². The van der Waals surface area contributed by atoms with Gasteiger partial charge in [-0.2, -0.15) is 0 Å². The van der Waals surface area contributed by atoms with E-state index in [0.29, 0.717) is 17.2 Å². The highest BCUT2D eigenvalue weighted by atomic mass is 32.1. The highest BCUT2D eigenvalue weighted by molar-refractivity contribution is 7.15. The molecule has 0 amide bonds. The summed E-state index contributed by atoms with van der Waals surface area (Å²) in [4.78, 5) is 29.7. The third-order valence-corrected chi connectivity index (χ3v) is 3.74. The first-order valence-electron chi connectivity index (χ1n) is 6.20. The summed E-state index contributed by atoms with van der Waals surface area (Å²) < 4.78 is 1.48. The number of hydrogen-bond donors (Lipinski definition) is 1. The molecule has 20 heavy (non-hydrogen) atoms. The van der Waals surface area contributed by atoms with Gasteiger partial charge in [-0.3, -0.25) is 18.9 Å². The second kappa shape index (κ2) is 5.34. The van der Waals surface area contributed by atoms with Crippen LogP contribution in [0.15, 0.2) is 22.4 Å². The molecule has 0 saturated heterocycles. The Balaban J connectivity index is 2.32. The zero-order chi connectivity index (χ0) is 14.9. The fraction of sp³-hybridized carbons (Fsp3) is 0.462. The van der Waals surface area contributed by atoms with Crippen LogP contribution in [0.2, 0.25) is 0 Å². The van der Waals surface area contributed by atoms with Gasteiger partial charge in [-0.1, -0.05) is 0 Å². The second-order valence-corrected chi connectivity index (χ2v) is 6.43. The van der Waals surface area contributed by atoms with E-state index in [1.165, 1.54) is 21.8 Å². The zero-order valence-corrected chi connectivity index (χ0v) is 12.5. The van der Waals surface area contributed by atoms with Gasteiger partial charge in [-0.05, 0) is 20.8 Å². The van der Waals surface area contributed by atoms with Gasteiger partial charge < -0.3 is 5.11 Å². The molecule has 0 atom stereocenters. The smallest absolute Gasteiger partial charge is 0.317 e. The number of aromatic nitrogens is 2. The van der Waals surface area contributed by atoms with Crippen molar-refractivity contribution in [2.75, 3.05) is 6.54 Å². The lowest BCUT2D eigenvalue weighted by Crippen LogP contribution is -2.44. The molecule has 0 aromatic carbocycles. The maximum atomic E-state index is 11.9. The number of carbonyl (C=O) groups is 1. The summed E-state index contributed by atoms with van der Waals surface area (Å²) in [5.74, 6) is -0.895. The molecule has 0 saturated carbocycles. The van der Waals surface area contributed by atoms with Gasteiger partial charge in [0.05, 0.1) is 12.2 Å². The van der Waals surface area contributed by atoms with Crippen LogP contribution in [0.25, 0.3) is 4.96 Å². The van der Waals surface area contributed by atoms with E-state index in [1.807, 2.05) is 20.8 Å². The highest BCUT2D eigenvalue weighted by Crippen LogP contribution is 2.16. The summed E-state index contributed by atoms with van der Waals surface area (Å²) in [6.45, 7) is 6.06. The Morgan fingerprint density at radius 3 is 2.80 bits per heavy atom. The van der Waals surface area contributed by atoms with Gasteiger partial charge in [0.25, 0.3) is 5.56 Å². The van der Waals surface area contributed by atoms with Crippen LogP contribution in [-0.2, 0) is 11.3 Å². The van der Waals surface area contributed by atoms with Crippen LogP contribution in [0, 0.1) is 0 Å². The van der Waals surface area contributed by atoms with E-state index in [0.717, 1.165) is 0 Å². The molecular formula is C13H17N3O3S. The molecular weight excluding hydrogens is 278 g/mol. The second-order valence-electron chi connectivity index (χ2n) is 5.56. The molecule has 0 bridgehead atoms. The van der Waals surface area contributed by atoms with E-state index >= 15 is 0 Å². The quantitative estimate of drug-likeness (QED) is 0.924. The van der Waals surface area contributed by atoms with Gasteiger partial charge in [0.1, 0.15) is 0 Å². The third kappa shape index (κ3) is 3.23. The Labute approximate surface area is 120 Å². The summed E-state index contributed by atoms with van der Waals surface area (Å²) in [6.07, 6.45) is 1.68. The Bertz CT molecular complexity index is 684. The van der Waals surface area contributed by atoms with E-state index in [9.17, 15) is 9.59 Å². The Morgan fingerprint density at radius 1 is 1.50 bits per heavy atom. The SMILES string of the molecule is CC(C)(C)N(CC(=O)O)Cc1cc(=O)n2ccsc2n1. The summed E-state index contributed by atoms with van der Waals surface area (Å²) >= 11 is 1.38. The van der Waals surface area contributed by atoms with Crippen molar-refractivity contribution >= 4 is 22.3 Å². The van der Waals surface area contributed by atoms with Crippen LogP contribution in [0.5, 0.6) is 0 Å².